The number of hydrogen-bond acceptors (Lipinski definition) is 3. The van der Waals surface area contributed by atoms with Gasteiger partial charge in [-0.25, -0.2) is 9.98 Å². The maximum Gasteiger partial charge on any atom is 0.165 e. The van der Waals surface area contributed by atoms with E-state index < -0.39 is 0 Å². The molecular weight excluding hydrogens is 156 g/mol. The van der Waals surface area contributed by atoms with Crippen LogP contribution in [0.4, 0.5) is 5.82 Å². The third kappa shape index (κ3) is 1.66. The third-order valence-electron chi connectivity index (χ3n) is 1.49. The molecule has 0 spiro atoms. The molecule has 0 aliphatic heterocycles. The van der Waals surface area contributed by atoms with Crippen molar-refractivity contribution in [1.82, 2.24) is 4.98 Å². The van der Waals surface area contributed by atoms with Gasteiger partial charge in [-0.3, -0.25) is 0 Å². The molecule has 0 amide bonds. The zero-order chi connectivity index (χ0) is 8.27. The van der Waals surface area contributed by atoms with Crippen molar-refractivity contribution in [3.8, 4) is 0 Å². The molecule has 0 saturated heterocycles. The minimum Gasteiger partial charge on any atom is -0.244 e. The van der Waals surface area contributed by atoms with Crippen molar-refractivity contribution in [2.45, 2.75) is 26.7 Å². The van der Waals surface area contributed by atoms with Crippen LogP contribution < -0.4 is 0 Å². The lowest BCUT2D eigenvalue weighted by molar-refractivity contribution is 1.08. The van der Waals surface area contributed by atoms with Gasteiger partial charge < -0.3 is 0 Å². The van der Waals surface area contributed by atoms with Gasteiger partial charge in [0.2, 0.25) is 0 Å². The van der Waals surface area contributed by atoms with Gasteiger partial charge in [-0.2, -0.15) is 0 Å². The summed E-state index contributed by atoms with van der Waals surface area (Å²) in [4.78, 5) is 9.41. The molecule has 1 aromatic rings. The van der Waals surface area contributed by atoms with Crippen LogP contribution in [0.1, 0.15) is 23.7 Å². The van der Waals surface area contributed by atoms with Gasteiger partial charge in [-0.05, 0) is 19.6 Å². The van der Waals surface area contributed by atoms with Gasteiger partial charge in [0, 0.05) is 0 Å². The molecule has 0 aliphatic carbocycles. The van der Waals surface area contributed by atoms with Gasteiger partial charge in [-0.1, -0.05) is 13.8 Å². The molecular formula is C8H12N2S. The summed E-state index contributed by atoms with van der Waals surface area (Å²) in [5, 5.41) is 1.16. The van der Waals surface area contributed by atoms with Crippen molar-refractivity contribution in [3.05, 3.63) is 9.88 Å². The van der Waals surface area contributed by atoms with Crippen LogP contribution in [0.15, 0.2) is 4.99 Å². The van der Waals surface area contributed by atoms with E-state index in [4.69, 9.17) is 0 Å². The molecule has 2 nitrogen and oxygen atoms in total. The first-order valence-corrected chi connectivity index (χ1v) is 4.58. The molecule has 0 aromatic carbocycles. The van der Waals surface area contributed by atoms with Crippen LogP contribution in [0.2, 0.25) is 0 Å². The maximum absolute atomic E-state index is 4.31. The first-order chi connectivity index (χ1) is 5.31. The fraction of sp³-hybridized carbons (Fsp3) is 0.500. The second-order valence-corrected chi connectivity index (χ2v) is 3.39. The van der Waals surface area contributed by atoms with Crippen molar-refractivity contribution in [3.63, 3.8) is 0 Å². The van der Waals surface area contributed by atoms with Gasteiger partial charge >= 0.3 is 0 Å². The molecule has 1 heterocycles. The van der Waals surface area contributed by atoms with Crippen molar-refractivity contribution < 1.29 is 0 Å². The summed E-state index contributed by atoms with van der Waals surface area (Å²) in [6.45, 7) is 7.70. The molecule has 60 valence electrons. The molecule has 0 fully saturated rings. The molecule has 0 aliphatic rings. The van der Waals surface area contributed by atoms with Gasteiger partial charge in [-0.15, -0.1) is 11.3 Å². The SMILES string of the molecule is C=Nc1nc(CC)sc1CC. The van der Waals surface area contributed by atoms with E-state index in [1.54, 1.807) is 11.3 Å². The average Bonchev–Trinajstić information content (AvgIpc) is 2.46. The summed E-state index contributed by atoms with van der Waals surface area (Å²) in [5.74, 6) is 0.828. The summed E-state index contributed by atoms with van der Waals surface area (Å²) in [6.07, 6.45) is 2.00. The fourth-order valence-corrected chi connectivity index (χ4v) is 1.80. The first-order valence-electron chi connectivity index (χ1n) is 3.77. The molecule has 11 heavy (non-hydrogen) atoms. The highest BCUT2D eigenvalue weighted by Crippen LogP contribution is 2.25. The van der Waals surface area contributed by atoms with E-state index in [1.165, 1.54) is 4.88 Å². The van der Waals surface area contributed by atoms with Gasteiger partial charge in [0.25, 0.3) is 0 Å². The number of nitrogens with zero attached hydrogens (tertiary/aromatic N) is 2. The highest BCUT2D eigenvalue weighted by molar-refractivity contribution is 7.12. The van der Waals surface area contributed by atoms with Gasteiger partial charge in [0.15, 0.2) is 5.82 Å². The summed E-state index contributed by atoms with van der Waals surface area (Å²) in [5.41, 5.74) is 0. The molecule has 0 N–H and O–H groups in total. The van der Waals surface area contributed by atoms with E-state index in [0.717, 1.165) is 23.7 Å². The standard InChI is InChI=1S/C8H12N2S/c1-4-6-8(9-3)10-7(5-2)11-6/h3-5H2,1-2H3. The molecule has 0 atom stereocenters. The number of aliphatic imine (C=N–C) groups is 1. The van der Waals surface area contributed by atoms with Gasteiger partial charge in [0.05, 0.1) is 9.88 Å². The Morgan fingerprint density at radius 3 is 2.55 bits per heavy atom. The Bertz CT molecular complexity index is 253. The molecule has 1 rings (SSSR count). The van der Waals surface area contributed by atoms with Crippen LogP contribution >= 0.6 is 11.3 Å². The second kappa shape index (κ2) is 3.62. The van der Waals surface area contributed by atoms with E-state index in [1.807, 2.05) is 0 Å². The maximum atomic E-state index is 4.31. The number of aryl methyl sites for hydroxylation is 2. The van der Waals surface area contributed by atoms with Crippen molar-refractivity contribution >= 4 is 23.9 Å². The molecule has 0 saturated carbocycles. The van der Waals surface area contributed by atoms with Crippen LogP contribution in [0, 0.1) is 0 Å². The first kappa shape index (κ1) is 8.40. The molecule has 0 unspecified atom stereocenters. The van der Waals surface area contributed by atoms with Crippen LogP contribution in [-0.2, 0) is 12.8 Å². The zero-order valence-electron chi connectivity index (χ0n) is 6.92. The average molecular weight is 168 g/mol. The minimum atomic E-state index is 0.828. The lowest BCUT2D eigenvalue weighted by Crippen LogP contribution is -1.73. The van der Waals surface area contributed by atoms with Crippen molar-refractivity contribution in [2.75, 3.05) is 0 Å². The monoisotopic (exact) mass is 168 g/mol. The Hall–Kier alpha value is -0.700. The van der Waals surface area contributed by atoms with E-state index in [0.29, 0.717) is 0 Å². The van der Waals surface area contributed by atoms with Crippen molar-refractivity contribution in [1.29, 1.82) is 0 Å². The fourth-order valence-electron chi connectivity index (χ4n) is 0.896. The number of hydrogen-bond donors (Lipinski definition) is 0. The second-order valence-electron chi connectivity index (χ2n) is 2.22. The minimum absolute atomic E-state index is 0.828. The number of thiazole rings is 1. The molecule has 3 heteroatoms. The number of aromatic nitrogens is 1. The summed E-state index contributed by atoms with van der Waals surface area (Å²) in [7, 11) is 0. The number of rotatable bonds is 3. The van der Waals surface area contributed by atoms with Gasteiger partial charge in [0.1, 0.15) is 0 Å². The largest absolute Gasteiger partial charge is 0.244 e. The zero-order valence-corrected chi connectivity index (χ0v) is 7.74. The lowest BCUT2D eigenvalue weighted by atomic mass is 10.4. The third-order valence-corrected chi connectivity index (χ3v) is 2.83. The van der Waals surface area contributed by atoms with E-state index in [-0.39, 0.29) is 0 Å². The Balaban J connectivity index is 3.01. The topological polar surface area (TPSA) is 25.2 Å². The highest BCUT2D eigenvalue weighted by atomic mass is 32.1. The predicted molar refractivity (Wildman–Crippen MR) is 50.1 cm³/mol. The normalized spacial score (nSPS) is 10.0. The summed E-state index contributed by atoms with van der Waals surface area (Å²) >= 11 is 1.74. The van der Waals surface area contributed by atoms with Crippen LogP contribution in [-0.4, -0.2) is 11.7 Å². The molecule has 1 aromatic heterocycles. The van der Waals surface area contributed by atoms with Crippen LogP contribution in [0.3, 0.4) is 0 Å². The predicted octanol–water partition coefficient (Wildman–Crippen LogP) is 2.60. The van der Waals surface area contributed by atoms with Crippen LogP contribution in [0.5, 0.6) is 0 Å². The van der Waals surface area contributed by atoms with Crippen LogP contribution in [0.25, 0.3) is 0 Å². The Morgan fingerprint density at radius 2 is 2.18 bits per heavy atom. The molecule has 0 radical (unpaired) electrons. The van der Waals surface area contributed by atoms with E-state index in [2.05, 4.69) is 30.5 Å². The smallest absolute Gasteiger partial charge is 0.165 e. The Labute approximate surface area is 71.0 Å². The highest BCUT2D eigenvalue weighted by Gasteiger charge is 2.05. The van der Waals surface area contributed by atoms with Crippen molar-refractivity contribution in [2.24, 2.45) is 4.99 Å². The summed E-state index contributed by atoms with van der Waals surface area (Å²) < 4.78 is 0. The lowest BCUT2D eigenvalue weighted by Gasteiger charge is -1.86. The Kier molecular flexibility index (Phi) is 2.76. The summed E-state index contributed by atoms with van der Waals surface area (Å²) in [6, 6.07) is 0. The Morgan fingerprint density at radius 1 is 1.45 bits per heavy atom. The van der Waals surface area contributed by atoms with E-state index in [9.17, 15) is 0 Å². The van der Waals surface area contributed by atoms with E-state index >= 15 is 0 Å². The molecule has 0 bridgehead atoms. The quantitative estimate of drug-likeness (QED) is 0.637.